The summed E-state index contributed by atoms with van der Waals surface area (Å²) in [5.41, 5.74) is 3.15. The molecule has 1 unspecified atom stereocenters. The third kappa shape index (κ3) is 5.16. The fourth-order valence-corrected chi connectivity index (χ4v) is 4.38. The summed E-state index contributed by atoms with van der Waals surface area (Å²) >= 11 is 1.96. The van der Waals surface area contributed by atoms with Crippen LogP contribution in [-0.2, 0) is 6.42 Å². The standard InChI is InChI=1S/C19H22FNOS.C2H6.CH4/c1-21-15-6-3-5-13(11-15)18-17(22-2)9-8-14(19(18)20)12-16-7-4-10-23-16;1-2;/h3,5-6,8-9,11,16,21H,4,7,10,12H2,1-2H3;1-2H3;1H4. The Hall–Kier alpha value is -1.68. The molecule has 2 aromatic rings. The van der Waals surface area contributed by atoms with Crippen LogP contribution in [0.2, 0.25) is 0 Å². The molecule has 3 rings (SSSR count). The first kappa shape index (κ1) is 22.4. The second-order valence-electron chi connectivity index (χ2n) is 5.79. The van der Waals surface area contributed by atoms with E-state index in [1.165, 1.54) is 18.6 Å². The highest BCUT2D eigenvalue weighted by atomic mass is 32.2. The van der Waals surface area contributed by atoms with E-state index < -0.39 is 0 Å². The molecule has 1 N–H and O–H groups in total. The van der Waals surface area contributed by atoms with Crippen molar-refractivity contribution >= 4 is 17.4 Å². The van der Waals surface area contributed by atoms with Crippen LogP contribution < -0.4 is 10.1 Å². The Bertz CT molecular complexity index is 684. The maximum atomic E-state index is 15.2. The minimum atomic E-state index is -0.148. The van der Waals surface area contributed by atoms with Gasteiger partial charge in [-0.2, -0.15) is 11.8 Å². The fraction of sp³-hybridized carbons (Fsp3) is 0.455. The summed E-state index contributed by atoms with van der Waals surface area (Å²) in [5.74, 6) is 1.63. The third-order valence-corrected chi connectivity index (χ3v) is 5.71. The van der Waals surface area contributed by atoms with Crippen molar-refractivity contribution in [3.8, 4) is 16.9 Å². The van der Waals surface area contributed by atoms with E-state index in [2.05, 4.69) is 5.32 Å². The summed E-state index contributed by atoms with van der Waals surface area (Å²) < 4.78 is 20.6. The van der Waals surface area contributed by atoms with E-state index in [9.17, 15) is 0 Å². The van der Waals surface area contributed by atoms with Crippen LogP contribution in [0.4, 0.5) is 10.1 Å². The van der Waals surface area contributed by atoms with E-state index in [0.717, 1.165) is 23.2 Å². The van der Waals surface area contributed by atoms with Gasteiger partial charge >= 0.3 is 0 Å². The van der Waals surface area contributed by atoms with Crippen LogP contribution in [0.1, 0.15) is 39.7 Å². The van der Waals surface area contributed by atoms with E-state index >= 15 is 4.39 Å². The Morgan fingerprint density at radius 2 is 2.00 bits per heavy atom. The lowest BCUT2D eigenvalue weighted by Crippen LogP contribution is -2.06. The zero-order valence-corrected chi connectivity index (χ0v) is 16.4. The summed E-state index contributed by atoms with van der Waals surface area (Å²) in [4.78, 5) is 0. The molecule has 1 saturated heterocycles. The van der Waals surface area contributed by atoms with Crippen LogP contribution >= 0.6 is 11.8 Å². The minimum absolute atomic E-state index is 0. The lowest BCUT2D eigenvalue weighted by atomic mass is 9.97. The van der Waals surface area contributed by atoms with E-state index in [1.54, 1.807) is 7.11 Å². The molecule has 0 spiro atoms. The quantitative estimate of drug-likeness (QED) is 0.631. The van der Waals surface area contributed by atoms with Gasteiger partial charge in [0.25, 0.3) is 0 Å². The number of nitrogens with one attached hydrogen (secondary N) is 1. The number of halogens is 1. The van der Waals surface area contributed by atoms with Crippen LogP contribution in [0, 0.1) is 5.82 Å². The average molecular weight is 378 g/mol. The summed E-state index contributed by atoms with van der Waals surface area (Å²) in [6.07, 6.45) is 3.21. The van der Waals surface area contributed by atoms with E-state index in [-0.39, 0.29) is 13.2 Å². The number of anilines is 1. The predicted molar refractivity (Wildman–Crippen MR) is 115 cm³/mol. The highest BCUT2D eigenvalue weighted by Crippen LogP contribution is 2.37. The lowest BCUT2D eigenvalue weighted by Gasteiger charge is -2.16. The molecule has 144 valence electrons. The maximum Gasteiger partial charge on any atom is 0.137 e. The van der Waals surface area contributed by atoms with E-state index in [1.807, 2.05) is 69.1 Å². The van der Waals surface area contributed by atoms with Gasteiger partial charge in [-0.3, -0.25) is 0 Å². The molecule has 0 aliphatic carbocycles. The maximum absolute atomic E-state index is 15.2. The Morgan fingerprint density at radius 1 is 1.23 bits per heavy atom. The topological polar surface area (TPSA) is 21.3 Å². The average Bonchev–Trinajstić information content (AvgIpc) is 3.18. The highest BCUT2D eigenvalue weighted by Gasteiger charge is 2.21. The molecule has 26 heavy (non-hydrogen) atoms. The number of ether oxygens (including phenoxy) is 1. The smallest absolute Gasteiger partial charge is 0.137 e. The molecule has 1 atom stereocenters. The largest absolute Gasteiger partial charge is 0.496 e. The Kier molecular flexibility index (Phi) is 9.57. The van der Waals surface area contributed by atoms with Crippen molar-refractivity contribution in [1.29, 1.82) is 0 Å². The molecule has 1 heterocycles. The van der Waals surface area contributed by atoms with Crippen LogP contribution in [0.15, 0.2) is 36.4 Å². The zero-order chi connectivity index (χ0) is 18.2. The van der Waals surface area contributed by atoms with Gasteiger partial charge in [-0.25, -0.2) is 4.39 Å². The van der Waals surface area contributed by atoms with Crippen LogP contribution in [0.3, 0.4) is 0 Å². The van der Waals surface area contributed by atoms with Gasteiger partial charge in [-0.05, 0) is 54.3 Å². The summed E-state index contributed by atoms with van der Waals surface area (Å²) in [7, 11) is 3.45. The Balaban J connectivity index is 0.00000109. The van der Waals surface area contributed by atoms with Gasteiger partial charge in [0.05, 0.1) is 12.7 Å². The molecule has 2 aromatic carbocycles. The second kappa shape index (κ2) is 11.1. The highest BCUT2D eigenvalue weighted by molar-refractivity contribution is 8.00. The van der Waals surface area contributed by atoms with Crippen molar-refractivity contribution in [3.63, 3.8) is 0 Å². The van der Waals surface area contributed by atoms with Crippen LogP contribution in [-0.4, -0.2) is 25.2 Å². The molecule has 0 amide bonds. The van der Waals surface area contributed by atoms with E-state index in [0.29, 0.717) is 16.6 Å². The van der Waals surface area contributed by atoms with Crippen molar-refractivity contribution in [2.75, 3.05) is 25.2 Å². The van der Waals surface area contributed by atoms with Gasteiger partial charge in [0.15, 0.2) is 0 Å². The van der Waals surface area contributed by atoms with Gasteiger partial charge in [0, 0.05) is 18.0 Å². The second-order valence-corrected chi connectivity index (χ2v) is 7.19. The normalized spacial score (nSPS) is 15.5. The Morgan fingerprint density at radius 3 is 2.62 bits per heavy atom. The first-order valence-corrected chi connectivity index (χ1v) is 10.0. The molecular formula is C22H32FNOS. The van der Waals surface area contributed by atoms with Crippen molar-refractivity contribution in [3.05, 3.63) is 47.8 Å². The van der Waals surface area contributed by atoms with Crippen molar-refractivity contribution in [2.45, 2.75) is 45.8 Å². The Labute approximate surface area is 162 Å². The molecule has 1 aliphatic heterocycles. The molecule has 1 fully saturated rings. The molecule has 1 aliphatic rings. The van der Waals surface area contributed by atoms with Crippen molar-refractivity contribution in [1.82, 2.24) is 0 Å². The summed E-state index contributed by atoms with van der Waals surface area (Å²) in [6, 6.07) is 11.5. The van der Waals surface area contributed by atoms with Gasteiger partial charge in [0.2, 0.25) is 0 Å². The zero-order valence-electron chi connectivity index (χ0n) is 15.6. The number of methoxy groups -OCH3 is 1. The first-order valence-electron chi connectivity index (χ1n) is 8.98. The van der Waals surface area contributed by atoms with Gasteiger partial charge in [0.1, 0.15) is 11.6 Å². The molecular weight excluding hydrogens is 345 g/mol. The number of benzene rings is 2. The molecule has 0 radical (unpaired) electrons. The van der Waals surface area contributed by atoms with Crippen LogP contribution in [0.5, 0.6) is 5.75 Å². The number of hydrogen-bond acceptors (Lipinski definition) is 3. The predicted octanol–water partition coefficient (Wildman–Crippen LogP) is 6.64. The number of rotatable bonds is 5. The van der Waals surface area contributed by atoms with Gasteiger partial charge < -0.3 is 10.1 Å². The SMILES string of the molecule is C.CC.CNc1cccc(-c2c(OC)ccc(CC3CCCS3)c2F)c1. The fourth-order valence-electron chi connectivity index (χ4n) is 3.08. The lowest BCUT2D eigenvalue weighted by molar-refractivity contribution is 0.413. The van der Waals surface area contributed by atoms with Crippen LogP contribution in [0.25, 0.3) is 11.1 Å². The molecule has 0 saturated carbocycles. The summed E-state index contributed by atoms with van der Waals surface area (Å²) in [5, 5.41) is 3.64. The van der Waals surface area contributed by atoms with Gasteiger partial charge in [-0.1, -0.05) is 39.5 Å². The minimum Gasteiger partial charge on any atom is -0.496 e. The summed E-state index contributed by atoms with van der Waals surface area (Å²) in [6.45, 7) is 4.00. The van der Waals surface area contributed by atoms with Crippen molar-refractivity contribution in [2.24, 2.45) is 0 Å². The number of thioether (sulfide) groups is 1. The molecule has 4 heteroatoms. The van der Waals surface area contributed by atoms with Gasteiger partial charge in [-0.15, -0.1) is 0 Å². The molecule has 2 nitrogen and oxygen atoms in total. The monoisotopic (exact) mass is 377 g/mol. The number of hydrogen-bond donors (Lipinski definition) is 1. The van der Waals surface area contributed by atoms with Crippen molar-refractivity contribution < 1.29 is 9.13 Å². The molecule has 0 bridgehead atoms. The third-order valence-electron chi connectivity index (χ3n) is 4.32. The molecule has 0 aromatic heterocycles. The van der Waals surface area contributed by atoms with E-state index in [4.69, 9.17) is 4.74 Å². The first-order chi connectivity index (χ1) is 12.2.